The van der Waals surface area contributed by atoms with Crippen LogP contribution >= 0.6 is 0 Å². The van der Waals surface area contributed by atoms with Gasteiger partial charge in [-0.3, -0.25) is 33.7 Å². The average Bonchev–Trinajstić information content (AvgIpc) is 3.77. The highest BCUT2D eigenvalue weighted by atomic mass is 16.6. The lowest BCUT2D eigenvalue weighted by atomic mass is 10.0. The Labute approximate surface area is 440 Å². The second-order valence-electron chi connectivity index (χ2n) is 20.9. The zero-order valence-electron chi connectivity index (χ0n) is 46.3. The number of ether oxygens (including phenoxy) is 7. The quantitative estimate of drug-likeness (QED) is 0.0318. The van der Waals surface area contributed by atoms with Gasteiger partial charge in [-0.05, 0) is 32.7 Å². The van der Waals surface area contributed by atoms with Crippen LogP contribution < -0.4 is 0 Å². The second-order valence-corrected chi connectivity index (χ2v) is 20.9. The van der Waals surface area contributed by atoms with E-state index in [-0.39, 0.29) is 121 Å². The van der Waals surface area contributed by atoms with Crippen molar-refractivity contribution in [2.45, 2.75) is 239 Å². The summed E-state index contributed by atoms with van der Waals surface area (Å²) >= 11 is 0. The zero-order chi connectivity index (χ0) is 53.3. The predicted octanol–water partition coefficient (Wildman–Crippen LogP) is 11.4. The van der Waals surface area contributed by atoms with Gasteiger partial charge in [0.15, 0.2) is 0 Å². The third kappa shape index (κ3) is 33.6. The van der Waals surface area contributed by atoms with Crippen molar-refractivity contribution < 1.29 is 66.7 Å². The van der Waals surface area contributed by atoms with Crippen molar-refractivity contribution in [3.8, 4) is 0 Å². The number of hydrogen-bond acceptors (Lipinski definition) is 15. The largest absolute Gasteiger partial charge is 0.465 e. The molecule has 16 nitrogen and oxygen atoms in total. The molecule has 2 heterocycles. The first kappa shape index (κ1) is 65.2. The Bertz CT molecular complexity index is 1460. The van der Waals surface area contributed by atoms with Gasteiger partial charge in [-0.1, -0.05) is 156 Å². The maximum Gasteiger partial charge on any atom is 0.410 e. The van der Waals surface area contributed by atoms with Gasteiger partial charge in [-0.2, -0.15) is 0 Å². The van der Waals surface area contributed by atoms with Crippen molar-refractivity contribution in [2.24, 2.45) is 17.8 Å². The molecule has 2 atom stereocenters. The topological polar surface area (TPSA) is 191 Å². The number of unbranched alkanes of at least 4 members (excludes halogenated alkanes) is 20. The van der Waals surface area contributed by atoms with Gasteiger partial charge in [-0.25, -0.2) is 4.79 Å². The van der Waals surface area contributed by atoms with E-state index in [0.717, 1.165) is 142 Å². The summed E-state index contributed by atoms with van der Waals surface area (Å²) in [6.45, 7) is 9.70. The summed E-state index contributed by atoms with van der Waals surface area (Å²) in [6, 6.07) is -0.691. The number of rotatable bonds is 45. The summed E-state index contributed by atoms with van der Waals surface area (Å²) in [4.78, 5) is 95.0. The van der Waals surface area contributed by atoms with Crippen LogP contribution in [0.2, 0.25) is 0 Å². The van der Waals surface area contributed by atoms with E-state index in [1.807, 2.05) is 7.05 Å². The molecular formula is C57H100N2O14. The van der Waals surface area contributed by atoms with Crippen molar-refractivity contribution in [2.75, 3.05) is 66.3 Å². The molecule has 0 N–H and O–H groups in total. The normalized spacial score (nSPS) is 15.8. The molecule has 2 rings (SSSR count). The van der Waals surface area contributed by atoms with Gasteiger partial charge in [0, 0.05) is 62.9 Å². The maximum absolute atomic E-state index is 13.6. The van der Waals surface area contributed by atoms with Crippen molar-refractivity contribution in [1.82, 2.24) is 9.80 Å². The Balaban J connectivity index is 2.08. The van der Waals surface area contributed by atoms with E-state index < -0.39 is 42.0 Å². The molecular weight excluding hydrogens is 937 g/mol. The van der Waals surface area contributed by atoms with E-state index in [1.54, 1.807) is 0 Å². The lowest BCUT2D eigenvalue weighted by Gasteiger charge is -2.36. The molecule has 0 radical (unpaired) electrons. The van der Waals surface area contributed by atoms with E-state index in [9.17, 15) is 33.6 Å². The minimum Gasteiger partial charge on any atom is -0.465 e. The van der Waals surface area contributed by atoms with Gasteiger partial charge in [0.05, 0.1) is 58.5 Å². The SMILES string of the molecule is CCCCCCCCC(=O)OCC(COC(=O)CCCCCCCC)CC(=O)OC[C@@H]1C[C@@H](OC(=O)CC(COC(=O)CCCCCCCC)COC(=O)CCCCCCCC)CN1C(=O)OCC1CN(C)C1. The van der Waals surface area contributed by atoms with Crippen molar-refractivity contribution in [1.29, 1.82) is 0 Å². The van der Waals surface area contributed by atoms with Crippen LogP contribution in [0.5, 0.6) is 0 Å². The summed E-state index contributed by atoms with van der Waals surface area (Å²) in [5.74, 6) is -3.84. The number of esters is 6. The number of likely N-dealkylation sites (tertiary alicyclic amines) is 2. The molecule has 73 heavy (non-hydrogen) atoms. The van der Waals surface area contributed by atoms with Gasteiger partial charge in [0.2, 0.25) is 0 Å². The molecule has 0 aromatic carbocycles. The van der Waals surface area contributed by atoms with Crippen LogP contribution in [-0.4, -0.2) is 130 Å². The molecule has 0 aromatic rings. The molecule has 0 saturated carbocycles. The Kier molecular flexibility index (Phi) is 37.8. The molecule has 2 aliphatic rings. The fraction of sp³-hybridized carbons (Fsp3) is 0.877. The van der Waals surface area contributed by atoms with Crippen molar-refractivity contribution >= 4 is 41.9 Å². The van der Waals surface area contributed by atoms with Crippen LogP contribution in [0.4, 0.5) is 4.79 Å². The van der Waals surface area contributed by atoms with Crippen LogP contribution in [0.15, 0.2) is 0 Å². The molecule has 2 fully saturated rings. The third-order valence-electron chi connectivity index (χ3n) is 13.7. The van der Waals surface area contributed by atoms with Crippen LogP contribution in [-0.2, 0) is 61.9 Å². The molecule has 2 aliphatic heterocycles. The van der Waals surface area contributed by atoms with Gasteiger partial charge in [0.25, 0.3) is 0 Å². The van der Waals surface area contributed by atoms with Gasteiger partial charge >= 0.3 is 41.9 Å². The molecule has 1 amide bonds. The van der Waals surface area contributed by atoms with Gasteiger partial charge in [-0.15, -0.1) is 0 Å². The minimum atomic E-state index is -0.769. The van der Waals surface area contributed by atoms with Crippen molar-refractivity contribution in [3.63, 3.8) is 0 Å². The van der Waals surface area contributed by atoms with Crippen LogP contribution in [0.3, 0.4) is 0 Å². The summed E-state index contributed by atoms with van der Waals surface area (Å²) < 4.78 is 39.7. The lowest BCUT2D eigenvalue weighted by molar-refractivity contribution is -0.157. The summed E-state index contributed by atoms with van der Waals surface area (Å²) in [6.07, 6.45) is 23.9. The first-order valence-corrected chi connectivity index (χ1v) is 29.0. The first-order valence-electron chi connectivity index (χ1n) is 29.0. The molecule has 0 spiro atoms. The molecule has 0 aromatic heterocycles. The average molecular weight is 1040 g/mol. The molecule has 0 aliphatic carbocycles. The fourth-order valence-electron chi connectivity index (χ4n) is 9.16. The number of nitrogens with zero attached hydrogens (tertiary/aromatic N) is 2. The van der Waals surface area contributed by atoms with Crippen LogP contribution in [0.1, 0.15) is 227 Å². The van der Waals surface area contributed by atoms with Gasteiger partial charge in [0.1, 0.15) is 12.7 Å². The van der Waals surface area contributed by atoms with E-state index in [2.05, 4.69) is 32.6 Å². The minimum absolute atomic E-state index is 0.00571. The summed E-state index contributed by atoms with van der Waals surface area (Å²) in [5, 5.41) is 0. The Morgan fingerprint density at radius 3 is 1.14 bits per heavy atom. The maximum atomic E-state index is 13.6. The lowest BCUT2D eigenvalue weighted by Crippen LogP contribution is -2.47. The van der Waals surface area contributed by atoms with Gasteiger partial charge < -0.3 is 38.1 Å². The van der Waals surface area contributed by atoms with E-state index in [4.69, 9.17) is 33.2 Å². The summed E-state index contributed by atoms with van der Waals surface area (Å²) in [7, 11) is 1.99. The smallest absolute Gasteiger partial charge is 0.410 e. The fourth-order valence-corrected chi connectivity index (χ4v) is 9.16. The highest BCUT2D eigenvalue weighted by molar-refractivity contribution is 5.73. The van der Waals surface area contributed by atoms with Crippen LogP contribution in [0, 0.1) is 17.8 Å². The monoisotopic (exact) mass is 1040 g/mol. The predicted molar refractivity (Wildman–Crippen MR) is 280 cm³/mol. The van der Waals surface area contributed by atoms with E-state index in [1.165, 1.54) is 4.90 Å². The number of carbonyl (C=O) groups excluding carboxylic acids is 7. The highest BCUT2D eigenvalue weighted by Crippen LogP contribution is 2.25. The molecule has 0 unspecified atom stereocenters. The number of amides is 1. The van der Waals surface area contributed by atoms with Crippen LogP contribution in [0.25, 0.3) is 0 Å². The van der Waals surface area contributed by atoms with Crippen molar-refractivity contribution in [3.05, 3.63) is 0 Å². The molecule has 2 saturated heterocycles. The summed E-state index contributed by atoms with van der Waals surface area (Å²) in [5.41, 5.74) is 0. The third-order valence-corrected chi connectivity index (χ3v) is 13.7. The molecule has 422 valence electrons. The van der Waals surface area contributed by atoms with E-state index >= 15 is 0 Å². The molecule has 0 bridgehead atoms. The first-order chi connectivity index (χ1) is 35.4. The second kappa shape index (κ2) is 42.3. The number of hydrogen-bond donors (Lipinski definition) is 0. The number of carbonyl (C=O) groups is 7. The Morgan fingerprint density at radius 1 is 0.411 bits per heavy atom. The van der Waals surface area contributed by atoms with E-state index in [0.29, 0.717) is 25.7 Å². The standard InChI is InChI=1S/C57H100N2O14/c1-6-10-14-18-22-26-30-51(60)67-40-46(41-68-52(61)31-27-23-19-15-11-7-2)34-55(64)71-45-49-36-50(39-59(49)57(66)72-44-48-37-58(5)38-48)73-56(65)35-47(42-69-53(62)32-28-24-20-16-12-8-3)43-70-54(63)33-29-25-21-17-13-9-4/h46-50H,6-45H2,1-5H3/t49-,50+/m0/s1. The Morgan fingerprint density at radius 2 is 0.767 bits per heavy atom. The zero-order valence-corrected chi connectivity index (χ0v) is 46.3. The molecule has 16 heteroatoms. The highest BCUT2D eigenvalue weighted by Gasteiger charge is 2.40. The Hall–Kier alpha value is -3.95.